The van der Waals surface area contributed by atoms with Gasteiger partial charge in [-0.15, -0.1) is 10.2 Å². The van der Waals surface area contributed by atoms with Crippen LogP contribution < -0.4 is 20.1 Å². The van der Waals surface area contributed by atoms with Crippen molar-refractivity contribution in [2.45, 2.75) is 12.8 Å². The van der Waals surface area contributed by atoms with Gasteiger partial charge in [-0.2, -0.15) is 0 Å². The molecule has 0 aliphatic heterocycles. The highest BCUT2D eigenvalue weighted by molar-refractivity contribution is 5.89. The quantitative estimate of drug-likeness (QED) is 0.627. The molecule has 1 aromatic carbocycles. The van der Waals surface area contributed by atoms with E-state index in [9.17, 15) is 4.79 Å². The van der Waals surface area contributed by atoms with Gasteiger partial charge in [-0.1, -0.05) is 6.07 Å². The molecule has 8 nitrogen and oxygen atoms in total. The molecule has 1 heterocycles. The summed E-state index contributed by atoms with van der Waals surface area (Å²) in [5, 5.41) is 13.8. The number of aryl methyl sites for hydroxylation is 1. The third-order valence-corrected chi connectivity index (χ3v) is 3.63. The maximum absolute atomic E-state index is 12.1. The predicted octanol–water partition coefficient (Wildman–Crippen LogP) is 2.12. The third kappa shape index (κ3) is 5.89. The molecule has 0 unspecified atom stereocenters. The van der Waals surface area contributed by atoms with E-state index in [1.807, 2.05) is 18.2 Å². The molecule has 140 valence electrons. The zero-order valence-corrected chi connectivity index (χ0v) is 15.2. The molecular weight excluding hydrogens is 336 g/mol. The lowest BCUT2D eigenvalue weighted by Gasteiger charge is -2.09. The zero-order valence-electron chi connectivity index (χ0n) is 15.2. The average molecular weight is 360 g/mol. The molecule has 2 rings (SSSR count). The minimum absolute atomic E-state index is 0.130. The first-order valence-corrected chi connectivity index (χ1v) is 8.23. The van der Waals surface area contributed by atoms with E-state index < -0.39 is 0 Å². The lowest BCUT2D eigenvalue weighted by atomic mass is 10.1. The molecule has 0 radical (unpaired) electrons. The molecule has 2 aromatic rings. The zero-order chi connectivity index (χ0) is 18.8. The summed E-state index contributed by atoms with van der Waals surface area (Å²) < 4.78 is 15.4. The first-order chi connectivity index (χ1) is 12.7. The summed E-state index contributed by atoms with van der Waals surface area (Å²) >= 11 is 0. The van der Waals surface area contributed by atoms with Crippen LogP contribution in [0.25, 0.3) is 0 Å². The van der Waals surface area contributed by atoms with E-state index in [0.29, 0.717) is 49.1 Å². The van der Waals surface area contributed by atoms with Crippen molar-refractivity contribution in [1.29, 1.82) is 0 Å². The van der Waals surface area contributed by atoms with E-state index >= 15 is 0 Å². The molecule has 2 N–H and O–H groups in total. The topological polar surface area (TPSA) is 94.6 Å². The third-order valence-electron chi connectivity index (χ3n) is 3.63. The Morgan fingerprint density at radius 1 is 1.00 bits per heavy atom. The fourth-order valence-corrected chi connectivity index (χ4v) is 2.27. The fraction of sp³-hybridized carbons (Fsp3) is 0.389. The van der Waals surface area contributed by atoms with Gasteiger partial charge in [-0.3, -0.25) is 4.79 Å². The lowest BCUT2D eigenvalue weighted by Crippen LogP contribution is -2.14. The van der Waals surface area contributed by atoms with Crippen LogP contribution in [0.4, 0.5) is 11.6 Å². The van der Waals surface area contributed by atoms with Crippen LogP contribution in [-0.2, 0) is 16.0 Å². The number of anilines is 2. The lowest BCUT2D eigenvalue weighted by molar-refractivity contribution is -0.116. The van der Waals surface area contributed by atoms with E-state index in [1.54, 1.807) is 33.5 Å². The number of carbonyl (C=O) groups is 1. The van der Waals surface area contributed by atoms with Gasteiger partial charge in [-0.25, -0.2) is 0 Å². The van der Waals surface area contributed by atoms with Crippen LogP contribution in [0.2, 0.25) is 0 Å². The van der Waals surface area contributed by atoms with Gasteiger partial charge in [0.1, 0.15) is 5.82 Å². The Hall–Kier alpha value is -2.87. The maximum atomic E-state index is 12.1. The summed E-state index contributed by atoms with van der Waals surface area (Å²) in [6.07, 6.45) is 0.904. The molecule has 0 aliphatic rings. The van der Waals surface area contributed by atoms with Crippen molar-refractivity contribution < 1.29 is 19.0 Å². The van der Waals surface area contributed by atoms with E-state index in [-0.39, 0.29) is 5.91 Å². The van der Waals surface area contributed by atoms with Gasteiger partial charge in [0.05, 0.1) is 20.8 Å². The Balaban J connectivity index is 1.83. The SMILES string of the molecule is COCCNc1ccc(NC(=O)CCc2ccc(OC)c(OC)c2)nn1. The molecule has 0 aliphatic carbocycles. The van der Waals surface area contributed by atoms with Crippen molar-refractivity contribution >= 4 is 17.5 Å². The molecule has 0 atom stereocenters. The Kier molecular flexibility index (Phi) is 7.63. The Morgan fingerprint density at radius 2 is 1.73 bits per heavy atom. The van der Waals surface area contributed by atoms with Crippen LogP contribution in [0.5, 0.6) is 11.5 Å². The second kappa shape index (κ2) is 10.2. The van der Waals surface area contributed by atoms with Gasteiger partial charge in [-0.05, 0) is 36.2 Å². The first-order valence-electron chi connectivity index (χ1n) is 8.23. The number of hydrogen-bond donors (Lipinski definition) is 2. The number of aromatic nitrogens is 2. The van der Waals surface area contributed by atoms with E-state index in [0.717, 1.165) is 5.56 Å². The van der Waals surface area contributed by atoms with E-state index in [2.05, 4.69) is 20.8 Å². The van der Waals surface area contributed by atoms with Gasteiger partial charge < -0.3 is 24.8 Å². The summed E-state index contributed by atoms with van der Waals surface area (Å²) in [6.45, 7) is 1.22. The van der Waals surface area contributed by atoms with Gasteiger partial charge in [0.15, 0.2) is 17.3 Å². The van der Waals surface area contributed by atoms with Crippen LogP contribution in [0, 0.1) is 0 Å². The number of nitrogens with zero attached hydrogens (tertiary/aromatic N) is 2. The highest BCUT2D eigenvalue weighted by Crippen LogP contribution is 2.27. The van der Waals surface area contributed by atoms with Gasteiger partial charge >= 0.3 is 0 Å². The van der Waals surface area contributed by atoms with Crippen molar-refractivity contribution in [2.24, 2.45) is 0 Å². The van der Waals surface area contributed by atoms with Crippen molar-refractivity contribution in [3.05, 3.63) is 35.9 Å². The molecule has 0 fully saturated rings. The normalized spacial score (nSPS) is 10.3. The standard InChI is InChI=1S/C18H24N4O4/c1-24-11-10-19-16-7-8-17(22-21-16)20-18(23)9-5-13-4-6-14(25-2)15(12-13)26-3/h4,6-8,12H,5,9-11H2,1-3H3,(H,19,21)(H,20,22,23). The number of ether oxygens (including phenoxy) is 3. The van der Waals surface area contributed by atoms with Gasteiger partial charge in [0.25, 0.3) is 0 Å². The monoisotopic (exact) mass is 360 g/mol. The molecule has 0 saturated heterocycles. The minimum Gasteiger partial charge on any atom is -0.493 e. The Labute approximate surface area is 152 Å². The maximum Gasteiger partial charge on any atom is 0.225 e. The van der Waals surface area contributed by atoms with Crippen LogP contribution >= 0.6 is 0 Å². The Bertz CT molecular complexity index is 707. The Morgan fingerprint density at radius 3 is 2.38 bits per heavy atom. The summed E-state index contributed by atoms with van der Waals surface area (Å²) in [6, 6.07) is 9.07. The molecule has 1 amide bonds. The highest BCUT2D eigenvalue weighted by atomic mass is 16.5. The molecule has 26 heavy (non-hydrogen) atoms. The van der Waals surface area contributed by atoms with Crippen molar-refractivity contribution in [2.75, 3.05) is 45.1 Å². The van der Waals surface area contributed by atoms with Crippen molar-refractivity contribution in [3.63, 3.8) is 0 Å². The van der Waals surface area contributed by atoms with Gasteiger partial charge in [0.2, 0.25) is 5.91 Å². The number of hydrogen-bond acceptors (Lipinski definition) is 7. The van der Waals surface area contributed by atoms with Crippen molar-refractivity contribution in [3.8, 4) is 11.5 Å². The molecule has 0 saturated carbocycles. The second-order valence-corrected chi connectivity index (χ2v) is 5.46. The number of amides is 1. The molecule has 0 bridgehead atoms. The number of benzene rings is 1. The molecule has 0 spiro atoms. The van der Waals surface area contributed by atoms with E-state index in [4.69, 9.17) is 14.2 Å². The van der Waals surface area contributed by atoms with Crippen molar-refractivity contribution in [1.82, 2.24) is 10.2 Å². The summed E-state index contributed by atoms with van der Waals surface area (Å²) in [7, 11) is 4.80. The largest absolute Gasteiger partial charge is 0.493 e. The number of carbonyl (C=O) groups excluding carboxylic acids is 1. The summed E-state index contributed by atoms with van der Waals surface area (Å²) in [4.78, 5) is 12.1. The molecule has 8 heteroatoms. The smallest absolute Gasteiger partial charge is 0.225 e. The van der Waals surface area contributed by atoms with Gasteiger partial charge in [0, 0.05) is 20.1 Å². The number of rotatable bonds is 10. The van der Waals surface area contributed by atoms with E-state index in [1.165, 1.54) is 0 Å². The highest BCUT2D eigenvalue weighted by Gasteiger charge is 2.08. The molecule has 1 aromatic heterocycles. The summed E-state index contributed by atoms with van der Waals surface area (Å²) in [5.41, 5.74) is 0.988. The van der Waals surface area contributed by atoms with Crippen LogP contribution in [0.3, 0.4) is 0 Å². The average Bonchev–Trinajstić information content (AvgIpc) is 2.67. The second-order valence-electron chi connectivity index (χ2n) is 5.46. The fourth-order valence-electron chi connectivity index (χ4n) is 2.27. The molecular formula is C18H24N4O4. The van der Waals surface area contributed by atoms with Crippen LogP contribution in [0.15, 0.2) is 30.3 Å². The van der Waals surface area contributed by atoms with Crippen LogP contribution in [0.1, 0.15) is 12.0 Å². The first kappa shape index (κ1) is 19.5. The van der Waals surface area contributed by atoms with Crippen LogP contribution in [-0.4, -0.2) is 50.6 Å². The minimum atomic E-state index is -0.130. The number of methoxy groups -OCH3 is 3. The number of nitrogens with one attached hydrogen (secondary N) is 2. The summed E-state index contributed by atoms with van der Waals surface area (Å²) in [5.74, 6) is 2.22. The predicted molar refractivity (Wildman–Crippen MR) is 98.9 cm³/mol.